The zero-order valence-corrected chi connectivity index (χ0v) is 86.5. The summed E-state index contributed by atoms with van der Waals surface area (Å²) in [6.45, 7) is 17.5. The molecule has 21 rings (SSSR count). The molecule has 3 N–H and O–H groups in total. The third-order valence-electron chi connectivity index (χ3n) is 29.4. The predicted molar refractivity (Wildman–Crippen MR) is 577 cm³/mol. The van der Waals surface area contributed by atoms with Gasteiger partial charge in [0.2, 0.25) is 17.3 Å². The van der Waals surface area contributed by atoms with Crippen molar-refractivity contribution >= 4 is 112 Å². The van der Waals surface area contributed by atoms with Crippen molar-refractivity contribution in [3.05, 3.63) is 389 Å². The normalized spacial score (nSPS) is 16.5. The Labute approximate surface area is 879 Å². The summed E-state index contributed by atoms with van der Waals surface area (Å²) in [5, 5.41) is 11.5. The average Bonchev–Trinajstić information content (AvgIpc) is 1.67. The SMILES string of the molecule is Cc1c(C(=O)c2cc(Nc3ccc(OP(=O)(Oc4ccc(Nc5ccnc(C(=O)c6cc(-c7cc(Cl)ccc7C(=O)N7Cc8ccccc8C[C@H]7CN7CCOCC7)n(C)c6C)c5)cc4)Oc4ccc(Nc5ccnc(C(=O)c6cc(-c7cc(Cl)ccc7C(=O)N7Cc8ccccc8C[C@H]7CN7CCOCC7)n(C)c6C)c5)cc4)cc3)ccn2)cc(-c2cc(Cl)ccc2C(=O)N2Cc3ccccc3C[C@H]2CN2CCOCC2)n1C. The number of benzene rings is 9. The number of anilines is 6. The van der Waals surface area contributed by atoms with Crippen molar-refractivity contribution in [3.8, 4) is 51.0 Å². The molecule has 6 aromatic heterocycles. The molecule has 0 unspecified atom stereocenters. The highest BCUT2D eigenvalue weighted by atomic mass is 35.5. The van der Waals surface area contributed by atoms with Crippen LogP contribution >= 0.6 is 42.6 Å². The van der Waals surface area contributed by atoms with Gasteiger partial charge in [-0.05, 0) is 255 Å². The van der Waals surface area contributed by atoms with Crippen LogP contribution in [0.1, 0.15) is 130 Å². The van der Waals surface area contributed by atoms with Crippen molar-refractivity contribution < 1.29 is 61.1 Å². The van der Waals surface area contributed by atoms with Gasteiger partial charge in [0.1, 0.15) is 34.3 Å². The van der Waals surface area contributed by atoms with Gasteiger partial charge in [0, 0.05) is 270 Å². The van der Waals surface area contributed by atoms with Crippen molar-refractivity contribution in [2.75, 3.05) is 114 Å². The van der Waals surface area contributed by atoms with Crippen molar-refractivity contribution in [2.24, 2.45) is 21.1 Å². The summed E-state index contributed by atoms with van der Waals surface area (Å²) in [6, 6.07) is 75.8. The molecular weight excluding hydrogens is 1960 g/mol. The molecule has 3 saturated heterocycles. The predicted octanol–water partition coefficient (Wildman–Crippen LogP) is 21.0. The van der Waals surface area contributed by atoms with E-state index >= 15 is 18.9 Å². The number of carbonyl (C=O) groups excluding carboxylic acids is 6. The first-order valence-corrected chi connectivity index (χ1v) is 52.6. The number of nitrogens with zero attached hydrogens (tertiary/aromatic N) is 12. The minimum atomic E-state index is -4.75. The van der Waals surface area contributed by atoms with Crippen molar-refractivity contribution in [1.82, 2.24) is 58.1 Å². The number of aromatic nitrogens is 6. The van der Waals surface area contributed by atoms with Crippen molar-refractivity contribution in [3.63, 3.8) is 0 Å². The van der Waals surface area contributed by atoms with Gasteiger partial charge in [0.15, 0.2) is 0 Å². The van der Waals surface area contributed by atoms with E-state index in [0.717, 1.165) is 56.0 Å². The first kappa shape index (κ1) is 100. The van der Waals surface area contributed by atoms with Crippen LogP contribution in [0.5, 0.6) is 17.2 Å². The first-order valence-electron chi connectivity index (χ1n) is 50.0. The second-order valence-corrected chi connectivity index (χ2v) is 41.4. The van der Waals surface area contributed by atoms with Gasteiger partial charge in [0.25, 0.3) is 17.7 Å². The maximum atomic E-state index is 15.7. The minimum Gasteiger partial charge on any atom is -0.386 e. The lowest BCUT2D eigenvalue weighted by molar-refractivity contribution is 0.0190. The number of phosphoric ester groups is 1. The van der Waals surface area contributed by atoms with Crippen molar-refractivity contribution in [2.45, 2.75) is 77.8 Å². The lowest BCUT2D eigenvalue weighted by Gasteiger charge is -2.40. The number of carbonyl (C=O) groups is 6. The Hall–Kier alpha value is -14.7. The topological polar surface area (TPSA) is 284 Å². The molecule has 0 bridgehead atoms. The van der Waals surface area contributed by atoms with Crippen LogP contribution in [-0.2, 0) is 78.8 Å². The number of pyridine rings is 3. The van der Waals surface area contributed by atoms with E-state index in [1.807, 2.05) is 107 Å². The van der Waals surface area contributed by atoms with Gasteiger partial charge in [0.05, 0.1) is 39.6 Å². The number of amides is 3. The van der Waals surface area contributed by atoms with E-state index in [1.165, 1.54) is 16.7 Å². The summed E-state index contributed by atoms with van der Waals surface area (Å²) in [5.41, 5.74) is 18.9. The summed E-state index contributed by atoms with van der Waals surface area (Å²) in [7, 11) is 0.844. The maximum absolute atomic E-state index is 15.7. The number of nitrogens with one attached hydrogen (secondary N) is 3. The number of fused-ring (bicyclic) bond motifs is 3. The van der Waals surface area contributed by atoms with Gasteiger partial charge in [-0.25, -0.2) is 0 Å². The molecule has 0 spiro atoms. The molecule has 15 aromatic rings. The van der Waals surface area contributed by atoms with E-state index in [1.54, 1.807) is 201 Å². The fourth-order valence-electron chi connectivity index (χ4n) is 21.0. The van der Waals surface area contributed by atoms with Crippen LogP contribution in [0.2, 0.25) is 15.1 Å². The van der Waals surface area contributed by atoms with Crippen LogP contribution in [0, 0.1) is 20.8 Å². The van der Waals surface area contributed by atoms with Crippen LogP contribution in [0.15, 0.2) is 273 Å². The Bertz CT molecular complexity index is 7000. The molecule has 3 atom stereocenters. The Morgan fingerprint density at radius 2 is 0.591 bits per heavy atom. The number of hydrogen-bond acceptors (Lipinski definition) is 22. The van der Waals surface area contributed by atoms with Crippen LogP contribution < -0.4 is 29.5 Å². The first-order chi connectivity index (χ1) is 72.3. The monoisotopic (exact) mass is 2070 g/mol. The van der Waals surface area contributed by atoms with Gasteiger partial charge >= 0.3 is 7.82 Å². The van der Waals surface area contributed by atoms with E-state index in [-0.39, 0.29) is 87.5 Å². The molecule has 0 aliphatic carbocycles. The Kier molecular flexibility index (Phi) is 29.4. The standard InChI is InChI=1S/C117H111Cl3N15O13P/c1-73-100(64-109(127(73)4)103-58-82(118)19-34-97(103)115(139)133-67-79-16-10-7-13-76(79)55-91(133)70-130-43-49-143-50-44-130)112(136)106-61-88(37-40-121-106)124-85-22-28-94(29-23-85)146-149(142,147-95-30-24-86(25-31-95)125-89-38-41-122-107(62-89)113(137)101-65-110(128(5)74(101)2)104-59-83(119)20-35-98(104)116(140)134-68-80-17-11-8-14-77(80)56-92(134)71-131-45-51-144-52-46-131)148-96-32-26-87(27-33-96)126-90-39-42-123-108(63-90)114(138)102-66-111(129(6)75(102)3)105-60-84(120)21-36-99(105)117(141)135-69-81-18-12-9-15-78(81)57-93(135)72-132-47-53-145-54-48-132/h7-42,58-66,91-93H,43-57,67-72H2,1-6H3,(H,121,124)(H,122,125)(H,123,126)/t91-,92-,93-/m0/s1. The molecule has 0 radical (unpaired) electrons. The Morgan fingerprint density at radius 3 is 0.859 bits per heavy atom. The van der Waals surface area contributed by atoms with E-state index in [4.69, 9.17) is 62.6 Å². The van der Waals surface area contributed by atoms with Gasteiger partial charge in [-0.3, -0.25) is 58.4 Å². The molecule has 12 heterocycles. The summed E-state index contributed by atoms with van der Waals surface area (Å²) >= 11 is 20.4. The highest BCUT2D eigenvalue weighted by molar-refractivity contribution is 7.49. The lowest BCUT2D eigenvalue weighted by atomic mass is 9.92. The third kappa shape index (κ3) is 21.9. The van der Waals surface area contributed by atoms with E-state index in [0.29, 0.717) is 232 Å². The van der Waals surface area contributed by atoms with E-state index in [9.17, 15) is 14.4 Å². The van der Waals surface area contributed by atoms with E-state index < -0.39 is 7.82 Å². The van der Waals surface area contributed by atoms with Gasteiger partial charge in [-0.15, -0.1) is 0 Å². The zero-order chi connectivity index (χ0) is 103. The number of phosphoric acid groups is 1. The quantitative estimate of drug-likeness (QED) is 0.0278. The smallest absolute Gasteiger partial charge is 0.386 e. The van der Waals surface area contributed by atoms with Crippen LogP contribution in [-0.4, -0.2) is 210 Å². The van der Waals surface area contributed by atoms with Crippen LogP contribution in [0.3, 0.4) is 0 Å². The maximum Gasteiger partial charge on any atom is 0.647 e. The molecule has 149 heavy (non-hydrogen) atoms. The molecule has 0 saturated carbocycles. The van der Waals surface area contributed by atoms with Gasteiger partial charge in [-0.2, -0.15) is 4.57 Å². The molecule has 758 valence electrons. The summed E-state index contributed by atoms with van der Waals surface area (Å²) in [6.07, 6.45) is 6.75. The zero-order valence-electron chi connectivity index (χ0n) is 83.3. The highest BCUT2D eigenvalue weighted by Gasteiger charge is 2.41. The summed E-state index contributed by atoms with van der Waals surface area (Å²) in [4.78, 5) is 117. The number of ether oxygens (including phenoxy) is 3. The molecule has 6 aliphatic heterocycles. The Balaban J connectivity index is 0.520. The number of halogens is 3. The number of morpholine rings is 3. The van der Waals surface area contributed by atoms with Crippen LogP contribution in [0.4, 0.5) is 34.1 Å². The van der Waals surface area contributed by atoms with Crippen LogP contribution in [0.25, 0.3) is 33.8 Å². The van der Waals surface area contributed by atoms with E-state index in [2.05, 4.69) is 82.0 Å². The van der Waals surface area contributed by atoms with Gasteiger partial charge in [-0.1, -0.05) is 108 Å². The molecule has 3 fully saturated rings. The van der Waals surface area contributed by atoms with Gasteiger partial charge < -0.3 is 72.1 Å². The largest absolute Gasteiger partial charge is 0.647 e. The molecule has 6 aliphatic rings. The second kappa shape index (κ2) is 43.6. The average molecular weight is 2070 g/mol. The molecule has 28 nitrogen and oxygen atoms in total. The Morgan fingerprint density at radius 1 is 0.329 bits per heavy atom. The lowest BCUT2D eigenvalue weighted by Crippen LogP contribution is -2.52. The second-order valence-electron chi connectivity index (χ2n) is 38.7. The fourth-order valence-corrected chi connectivity index (χ4v) is 22.8. The molecular formula is C117H111Cl3N15O13P. The highest BCUT2D eigenvalue weighted by Crippen LogP contribution is 2.51. The third-order valence-corrected chi connectivity index (χ3v) is 31.4. The van der Waals surface area contributed by atoms with Crippen molar-refractivity contribution in [1.29, 1.82) is 0 Å². The molecule has 3 amide bonds. The fraction of sp³-hybridized carbons (Fsp3) is 0.256. The minimum absolute atomic E-state index is 0.0969. The summed E-state index contributed by atoms with van der Waals surface area (Å²) in [5.74, 6) is -1.16. The number of rotatable bonds is 30. The number of ketones is 3. The summed E-state index contributed by atoms with van der Waals surface area (Å²) < 4.78 is 57.5. The molecule has 9 aromatic carbocycles. The number of hydrogen-bond donors (Lipinski definition) is 3. The molecule has 32 heteroatoms.